The third kappa shape index (κ3) is 2.49. The average molecular weight is 302 g/mol. The van der Waals surface area contributed by atoms with Gasteiger partial charge in [-0.25, -0.2) is 4.98 Å². The van der Waals surface area contributed by atoms with Crippen molar-refractivity contribution in [1.29, 1.82) is 0 Å². The largest absolute Gasteiger partial charge is 0.318 e. The van der Waals surface area contributed by atoms with Crippen molar-refractivity contribution in [3.05, 3.63) is 51.6 Å². The first-order valence-electron chi connectivity index (χ1n) is 6.23. The molecule has 20 heavy (non-hydrogen) atoms. The van der Waals surface area contributed by atoms with Crippen LogP contribution in [0.3, 0.4) is 0 Å². The van der Waals surface area contributed by atoms with E-state index in [0.29, 0.717) is 0 Å². The summed E-state index contributed by atoms with van der Waals surface area (Å²) in [5, 5.41) is 11.3. The molecule has 0 aliphatic carbocycles. The van der Waals surface area contributed by atoms with E-state index in [1.54, 1.807) is 11.3 Å². The van der Waals surface area contributed by atoms with Gasteiger partial charge in [-0.2, -0.15) is 0 Å². The lowest BCUT2D eigenvalue weighted by Crippen LogP contribution is -2.11. The van der Waals surface area contributed by atoms with Gasteiger partial charge in [0.2, 0.25) is 0 Å². The summed E-state index contributed by atoms with van der Waals surface area (Å²) < 4.78 is 0. The molecule has 0 bridgehead atoms. The Kier molecular flexibility index (Phi) is 3.60. The van der Waals surface area contributed by atoms with Gasteiger partial charge in [-0.1, -0.05) is 41.7 Å². The molecule has 3 rings (SSSR count). The Morgan fingerprint density at radius 2 is 1.80 bits per heavy atom. The lowest BCUT2D eigenvalue weighted by Gasteiger charge is -2.06. The topological polar surface area (TPSA) is 64.7 Å². The van der Waals surface area contributed by atoms with E-state index in [4.69, 9.17) is 5.73 Å². The van der Waals surface area contributed by atoms with Crippen molar-refractivity contribution in [3.8, 4) is 9.88 Å². The number of benzene rings is 1. The zero-order chi connectivity index (χ0) is 14.1. The molecule has 0 fully saturated rings. The highest BCUT2D eigenvalue weighted by atomic mass is 32.1. The fourth-order valence-corrected chi connectivity index (χ4v) is 3.90. The lowest BCUT2D eigenvalue weighted by atomic mass is 10.1. The maximum absolute atomic E-state index is 6.25. The second-order valence-electron chi connectivity index (χ2n) is 4.48. The molecule has 0 saturated heterocycles. The van der Waals surface area contributed by atoms with E-state index in [-0.39, 0.29) is 6.04 Å². The van der Waals surface area contributed by atoms with Crippen molar-refractivity contribution in [3.63, 3.8) is 0 Å². The van der Waals surface area contributed by atoms with E-state index in [2.05, 4.69) is 15.2 Å². The predicted octanol–water partition coefficient (Wildman–Crippen LogP) is 3.33. The van der Waals surface area contributed by atoms with Gasteiger partial charge in [-0.15, -0.1) is 21.5 Å². The Bertz CT molecular complexity index is 718. The Morgan fingerprint density at radius 3 is 2.45 bits per heavy atom. The summed E-state index contributed by atoms with van der Waals surface area (Å²) in [7, 11) is 0. The van der Waals surface area contributed by atoms with Crippen LogP contribution >= 0.6 is 22.7 Å². The normalized spacial score (nSPS) is 12.6. The molecular formula is C14H14N4S2. The van der Waals surface area contributed by atoms with Crippen molar-refractivity contribution in [2.45, 2.75) is 19.9 Å². The Labute approximate surface area is 125 Å². The SMILES string of the molecule is Cc1nc(C)c(-c2nnc(C(N)c3ccccc3)s2)s1. The van der Waals surface area contributed by atoms with Gasteiger partial charge in [0.1, 0.15) is 5.01 Å². The molecule has 0 aliphatic rings. The molecule has 4 nitrogen and oxygen atoms in total. The van der Waals surface area contributed by atoms with Crippen LogP contribution in [0, 0.1) is 13.8 Å². The standard InChI is InChI=1S/C14H14N4S2/c1-8-12(19-9(2)16-8)14-18-17-13(20-14)11(15)10-6-4-3-5-7-10/h3-7,11H,15H2,1-2H3. The summed E-state index contributed by atoms with van der Waals surface area (Å²) in [6.45, 7) is 4.00. The first-order chi connectivity index (χ1) is 9.65. The zero-order valence-electron chi connectivity index (χ0n) is 11.2. The molecular weight excluding hydrogens is 288 g/mol. The van der Waals surface area contributed by atoms with Crippen molar-refractivity contribution < 1.29 is 0 Å². The van der Waals surface area contributed by atoms with Crippen LogP contribution in [0.2, 0.25) is 0 Å². The molecule has 1 aromatic carbocycles. The number of thiazole rings is 1. The fraction of sp³-hybridized carbons (Fsp3) is 0.214. The fourth-order valence-electron chi connectivity index (χ4n) is 1.98. The number of aromatic nitrogens is 3. The van der Waals surface area contributed by atoms with Gasteiger partial charge in [0.25, 0.3) is 0 Å². The van der Waals surface area contributed by atoms with Gasteiger partial charge in [-0.3, -0.25) is 0 Å². The molecule has 0 spiro atoms. The minimum atomic E-state index is -0.225. The van der Waals surface area contributed by atoms with E-state index >= 15 is 0 Å². The maximum atomic E-state index is 6.25. The highest BCUT2D eigenvalue weighted by Crippen LogP contribution is 2.34. The molecule has 2 heterocycles. The number of hydrogen-bond donors (Lipinski definition) is 1. The molecule has 0 radical (unpaired) electrons. The average Bonchev–Trinajstić information content (AvgIpc) is 3.05. The molecule has 1 unspecified atom stereocenters. The molecule has 6 heteroatoms. The monoisotopic (exact) mass is 302 g/mol. The number of nitrogens with zero attached hydrogens (tertiary/aromatic N) is 3. The molecule has 0 amide bonds. The van der Waals surface area contributed by atoms with Crippen LogP contribution in [0.25, 0.3) is 9.88 Å². The van der Waals surface area contributed by atoms with Crippen LogP contribution in [0.5, 0.6) is 0 Å². The molecule has 3 aromatic rings. The third-order valence-electron chi connectivity index (χ3n) is 2.96. The van der Waals surface area contributed by atoms with Crippen LogP contribution in [-0.4, -0.2) is 15.2 Å². The van der Waals surface area contributed by atoms with E-state index in [1.165, 1.54) is 11.3 Å². The number of hydrogen-bond acceptors (Lipinski definition) is 6. The molecule has 2 aromatic heterocycles. The highest BCUT2D eigenvalue weighted by molar-refractivity contribution is 7.21. The van der Waals surface area contributed by atoms with Gasteiger partial charge in [0, 0.05) is 0 Å². The van der Waals surface area contributed by atoms with Crippen molar-refractivity contribution in [2.24, 2.45) is 5.73 Å². The highest BCUT2D eigenvalue weighted by Gasteiger charge is 2.17. The molecule has 0 aliphatic heterocycles. The van der Waals surface area contributed by atoms with E-state index in [0.717, 1.165) is 31.2 Å². The lowest BCUT2D eigenvalue weighted by molar-refractivity contribution is 0.831. The zero-order valence-corrected chi connectivity index (χ0v) is 12.8. The Morgan fingerprint density at radius 1 is 1.05 bits per heavy atom. The van der Waals surface area contributed by atoms with Crippen molar-refractivity contribution in [1.82, 2.24) is 15.2 Å². The minimum Gasteiger partial charge on any atom is -0.318 e. The Balaban J connectivity index is 1.93. The second kappa shape index (κ2) is 5.40. The van der Waals surface area contributed by atoms with Gasteiger partial charge in [0.15, 0.2) is 5.01 Å². The van der Waals surface area contributed by atoms with Crippen LogP contribution in [0.4, 0.5) is 0 Å². The van der Waals surface area contributed by atoms with Crippen LogP contribution < -0.4 is 5.73 Å². The predicted molar refractivity (Wildman–Crippen MR) is 83.0 cm³/mol. The maximum Gasteiger partial charge on any atom is 0.159 e. The van der Waals surface area contributed by atoms with Gasteiger partial charge >= 0.3 is 0 Å². The van der Waals surface area contributed by atoms with E-state index in [9.17, 15) is 0 Å². The summed E-state index contributed by atoms with van der Waals surface area (Å²) in [5.41, 5.74) is 8.30. The Hall–Kier alpha value is -1.63. The summed E-state index contributed by atoms with van der Waals surface area (Å²) in [5.74, 6) is 0. The van der Waals surface area contributed by atoms with Crippen LogP contribution in [-0.2, 0) is 0 Å². The van der Waals surface area contributed by atoms with Crippen molar-refractivity contribution in [2.75, 3.05) is 0 Å². The minimum absolute atomic E-state index is 0.225. The number of nitrogens with two attached hydrogens (primary N) is 1. The first-order valence-corrected chi connectivity index (χ1v) is 7.87. The van der Waals surface area contributed by atoms with Gasteiger partial charge < -0.3 is 5.73 Å². The van der Waals surface area contributed by atoms with Gasteiger partial charge in [-0.05, 0) is 19.4 Å². The molecule has 0 saturated carbocycles. The molecule has 1 atom stereocenters. The number of rotatable bonds is 3. The van der Waals surface area contributed by atoms with Crippen molar-refractivity contribution >= 4 is 22.7 Å². The summed E-state index contributed by atoms with van der Waals surface area (Å²) >= 11 is 3.18. The van der Waals surface area contributed by atoms with Crippen LogP contribution in [0.1, 0.15) is 27.3 Å². The second-order valence-corrected chi connectivity index (χ2v) is 6.69. The summed E-state index contributed by atoms with van der Waals surface area (Å²) in [4.78, 5) is 5.52. The van der Waals surface area contributed by atoms with Crippen LogP contribution in [0.15, 0.2) is 30.3 Å². The molecule has 102 valence electrons. The van der Waals surface area contributed by atoms with E-state index in [1.807, 2.05) is 44.2 Å². The molecule has 2 N–H and O–H groups in total. The summed E-state index contributed by atoms with van der Waals surface area (Å²) in [6.07, 6.45) is 0. The smallest absolute Gasteiger partial charge is 0.159 e. The first kappa shape index (κ1) is 13.4. The van der Waals surface area contributed by atoms with E-state index < -0.39 is 0 Å². The summed E-state index contributed by atoms with van der Waals surface area (Å²) in [6, 6.07) is 9.73. The quantitative estimate of drug-likeness (QED) is 0.806. The van der Waals surface area contributed by atoms with Gasteiger partial charge in [0.05, 0.1) is 21.6 Å². The third-order valence-corrected chi connectivity index (χ3v) is 5.20. The number of aryl methyl sites for hydroxylation is 2.